The van der Waals surface area contributed by atoms with Crippen molar-refractivity contribution in [1.82, 2.24) is 0 Å². The molecule has 3 saturated carbocycles. The van der Waals surface area contributed by atoms with Gasteiger partial charge in [0.05, 0.1) is 11.7 Å². The van der Waals surface area contributed by atoms with Crippen LogP contribution in [0, 0.1) is 28.6 Å². The average molecular weight is 543 g/mol. The highest BCUT2D eigenvalue weighted by Gasteiger charge is 2.72. The van der Waals surface area contributed by atoms with Crippen LogP contribution in [-0.2, 0) is 4.79 Å². The molecule has 0 bridgehead atoms. The minimum Gasteiger partial charge on any atom is -0.393 e. The Morgan fingerprint density at radius 2 is 1.62 bits per heavy atom. The number of hydrogen-bond acceptors (Lipinski definition) is 3. The summed E-state index contributed by atoms with van der Waals surface area (Å²) in [5, 5.41) is 22.3. The molecule has 37 heavy (non-hydrogen) atoms. The summed E-state index contributed by atoms with van der Waals surface area (Å²) in [5.41, 5.74) is -6.21. The largest absolute Gasteiger partial charge is 0.431 e. The SMILES string of the molecule is C[C@H](CCCC(F)(C(F)(F)F)C(F)(F)F)[C@H]1CC(=O)C2=C3CC[C@H]4C[C@@H](O)CC[C@]4(C)[C@@]3(O)CC[C@@]21C. The van der Waals surface area contributed by atoms with E-state index < -0.39 is 59.3 Å². The van der Waals surface area contributed by atoms with Crippen LogP contribution in [0.3, 0.4) is 0 Å². The smallest absolute Gasteiger partial charge is 0.393 e. The zero-order chi connectivity index (χ0) is 27.8. The molecule has 3 fully saturated rings. The first kappa shape index (κ1) is 28.8. The van der Waals surface area contributed by atoms with E-state index in [9.17, 15) is 45.7 Å². The molecule has 3 nitrogen and oxygen atoms in total. The molecule has 0 aromatic heterocycles. The first-order valence-electron chi connectivity index (χ1n) is 13.3. The Morgan fingerprint density at radius 1 is 1.00 bits per heavy atom. The van der Waals surface area contributed by atoms with Gasteiger partial charge in [-0.2, -0.15) is 26.3 Å². The fraction of sp³-hybridized carbons (Fsp3) is 0.889. The van der Waals surface area contributed by atoms with Crippen molar-refractivity contribution in [1.29, 1.82) is 0 Å². The van der Waals surface area contributed by atoms with Crippen LogP contribution in [0.5, 0.6) is 0 Å². The first-order chi connectivity index (χ1) is 16.8. The second-order valence-corrected chi connectivity index (χ2v) is 12.6. The Balaban J connectivity index is 1.56. The highest BCUT2D eigenvalue weighted by molar-refractivity contribution is 6.01. The van der Waals surface area contributed by atoms with Crippen LogP contribution in [0.1, 0.15) is 91.4 Å². The number of allylic oxidation sites excluding steroid dienone is 1. The highest BCUT2D eigenvalue weighted by Crippen LogP contribution is 2.66. The van der Waals surface area contributed by atoms with Gasteiger partial charge in [0.15, 0.2) is 5.78 Å². The molecule has 0 aromatic carbocycles. The maximum Gasteiger partial charge on any atom is 0.431 e. The molecule has 4 aliphatic rings. The second kappa shape index (κ2) is 8.93. The Labute approximate surface area is 212 Å². The Kier molecular flexibility index (Phi) is 6.96. The number of hydrogen-bond donors (Lipinski definition) is 2. The number of fused-ring (bicyclic) bond motifs is 4. The van der Waals surface area contributed by atoms with Crippen LogP contribution < -0.4 is 0 Å². The summed E-state index contributed by atoms with van der Waals surface area (Å²) in [6.07, 6.45) is -10.8. The van der Waals surface area contributed by atoms with Gasteiger partial charge in [0.2, 0.25) is 0 Å². The number of rotatable bonds is 5. The number of aliphatic hydroxyl groups excluding tert-OH is 1. The van der Waals surface area contributed by atoms with E-state index in [1.165, 1.54) is 0 Å². The summed E-state index contributed by atoms with van der Waals surface area (Å²) in [6, 6.07) is 0. The maximum absolute atomic E-state index is 14.1. The van der Waals surface area contributed by atoms with E-state index in [4.69, 9.17) is 0 Å². The van der Waals surface area contributed by atoms with E-state index in [-0.39, 0.29) is 30.5 Å². The van der Waals surface area contributed by atoms with Crippen LogP contribution in [-0.4, -0.2) is 45.7 Å². The predicted octanol–water partition coefficient (Wildman–Crippen LogP) is 7.00. The lowest BCUT2D eigenvalue weighted by molar-refractivity contribution is -0.343. The molecular formula is C27H37F7O3. The molecule has 0 heterocycles. The van der Waals surface area contributed by atoms with Gasteiger partial charge >= 0.3 is 12.4 Å². The Hall–Kier alpha value is -1.16. The third-order valence-corrected chi connectivity index (χ3v) is 10.8. The summed E-state index contributed by atoms with van der Waals surface area (Å²) in [6.45, 7) is 5.67. The molecule has 0 aliphatic heterocycles. The van der Waals surface area contributed by atoms with Gasteiger partial charge < -0.3 is 10.2 Å². The van der Waals surface area contributed by atoms with Gasteiger partial charge in [-0.1, -0.05) is 27.2 Å². The van der Waals surface area contributed by atoms with E-state index in [1.807, 2.05) is 13.8 Å². The van der Waals surface area contributed by atoms with Crippen molar-refractivity contribution in [3.8, 4) is 0 Å². The zero-order valence-electron chi connectivity index (χ0n) is 21.5. The van der Waals surface area contributed by atoms with E-state index in [0.29, 0.717) is 44.1 Å². The van der Waals surface area contributed by atoms with Gasteiger partial charge in [-0.25, -0.2) is 4.39 Å². The Morgan fingerprint density at radius 3 is 2.22 bits per heavy atom. The number of alkyl halides is 7. The van der Waals surface area contributed by atoms with E-state index in [0.717, 1.165) is 12.0 Å². The number of halogens is 7. The molecule has 0 aromatic rings. The van der Waals surface area contributed by atoms with Crippen LogP contribution in [0.4, 0.5) is 30.7 Å². The number of aliphatic hydroxyl groups is 2. The maximum atomic E-state index is 14.1. The standard InChI is InChI=1S/C27H37F7O3/c1-15(5-4-9-25(28,26(29,30)31)27(32,33)34)19-14-20(36)21-18-7-6-16-13-17(35)8-10-23(16,3)24(18,37)12-11-22(19,21)2/h15-17,19,35,37H,4-14H2,1-3H3/t15-,16+,17+,19-,22-,23+,24-/m1/s1. The first-order valence-corrected chi connectivity index (χ1v) is 13.3. The lowest BCUT2D eigenvalue weighted by Gasteiger charge is -2.61. The molecule has 0 saturated heterocycles. The molecule has 2 N–H and O–H groups in total. The Bertz CT molecular complexity index is 943. The monoisotopic (exact) mass is 542 g/mol. The molecule has 0 unspecified atom stereocenters. The quantitative estimate of drug-likeness (QED) is 0.368. The van der Waals surface area contributed by atoms with Crippen LogP contribution in [0.2, 0.25) is 0 Å². The van der Waals surface area contributed by atoms with Crippen molar-refractivity contribution in [2.24, 2.45) is 28.6 Å². The summed E-state index contributed by atoms with van der Waals surface area (Å²) in [7, 11) is 0. The van der Waals surface area contributed by atoms with Crippen LogP contribution >= 0.6 is 0 Å². The summed E-state index contributed by atoms with van der Waals surface area (Å²) in [5.74, 6) is -0.697. The van der Waals surface area contributed by atoms with Crippen molar-refractivity contribution in [3.63, 3.8) is 0 Å². The summed E-state index contributed by atoms with van der Waals surface area (Å²) < 4.78 is 91.8. The van der Waals surface area contributed by atoms with Gasteiger partial charge in [-0.15, -0.1) is 0 Å². The number of carbonyl (C=O) groups is 1. The van der Waals surface area contributed by atoms with Crippen molar-refractivity contribution >= 4 is 5.78 Å². The zero-order valence-corrected chi connectivity index (χ0v) is 21.5. The third-order valence-electron chi connectivity index (χ3n) is 10.8. The molecule has 212 valence electrons. The molecule has 7 atom stereocenters. The fourth-order valence-corrected chi connectivity index (χ4v) is 8.43. The topological polar surface area (TPSA) is 57.5 Å². The highest BCUT2D eigenvalue weighted by atomic mass is 19.4. The van der Waals surface area contributed by atoms with E-state index in [1.54, 1.807) is 6.92 Å². The minimum atomic E-state index is -6.06. The van der Waals surface area contributed by atoms with Crippen molar-refractivity contribution in [3.05, 3.63) is 11.1 Å². The van der Waals surface area contributed by atoms with Crippen molar-refractivity contribution in [2.75, 3.05) is 0 Å². The molecule has 0 amide bonds. The average Bonchev–Trinajstić information content (AvgIpc) is 3.04. The third kappa shape index (κ3) is 4.18. The molecule has 4 rings (SSSR count). The van der Waals surface area contributed by atoms with Crippen molar-refractivity contribution < 1.29 is 45.7 Å². The molecular weight excluding hydrogens is 505 g/mol. The minimum absolute atomic E-state index is 0.0735. The number of ketones is 1. The summed E-state index contributed by atoms with van der Waals surface area (Å²) >= 11 is 0. The predicted molar refractivity (Wildman–Crippen MR) is 122 cm³/mol. The normalized spacial score (nSPS) is 39.8. The van der Waals surface area contributed by atoms with Crippen molar-refractivity contribution in [2.45, 2.75) is 121 Å². The number of carbonyl (C=O) groups excluding carboxylic acids is 1. The van der Waals surface area contributed by atoms with Gasteiger partial charge in [0.1, 0.15) is 0 Å². The molecule has 10 heteroatoms. The van der Waals surface area contributed by atoms with Crippen LogP contribution in [0.25, 0.3) is 0 Å². The molecule has 0 spiro atoms. The second-order valence-electron chi connectivity index (χ2n) is 12.6. The molecule has 0 radical (unpaired) electrons. The fourth-order valence-electron chi connectivity index (χ4n) is 8.43. The molecule has 4 aliphatic carbocycles. The van der Waals surface area contributed by atoms with Gasteiger partial charge in [0, 0.05) is 17.4 Å². The van der Waals surface area contributed by atoms with Gasteiger partial charge in [-0.05, 0) is 86.5 Å². The van der Waals surface area contributed by atoms with Crippen LogP contribution in [0.15, 0.2) is 11.1 Å². The lowest BCUT2D eigenvalue weighted by Crippen LogP contribution is -2.60. The van der Waals surface area contributed by atoms with Gasteiger partial charge in [0.25, 0.3) is 5.67 Å². The van der Waals surface area contributed by atoms with E-state index in [2.05, 4.69) is 0 Å². The number of Topliss-reactive ketones (excluding diaryl/α,β-unsaturated/α-hetero) is 1. The van der Waals surface area contributed by atoms with E-state index >= 15 is 0 Å². The lowest BCUT2D eigenvalue weighted by atomic mass is 9.46. The summed E-state index contributed by atoms with van der Waals surface area (Å²) in [4.78, 5) is 13.4. The van der Waals surface area contributed by atoms with Gasteiger partial charge in [-0.3, -0.25) is 4.79 Å².